The number of benzene rings is 3. The number of ether oxygens (including phenoxy) is 1. The van der Waals surface area contributed by atoms with Gasteiger partial charge in [-0.25, -0.2) is 4.39 Å². The van der Waals surface area contributed by atoms with Crippen LogP contribution in [-0.2, 0) is 18.3 Å². The van der Waals surface area contributed by atoms with Gasteiger partial charge in [0.15, 0.2) is 11.5 Å². The lowest BCUT2D eigenvalue weighted by Crippen LogP contribution is -2.17. The number of carbonyl (C=O) groups excluding carboxylic acids is 2. The molecule has 0 aliphatic heterocycles. The van der Waals surface area contributed by atoms with Crippen LogP contribution in [0.2, 0.25) is 10.0 Å². The van der Waals surface area contributed by atoms with Crippen LogP contribution >= 0.6 is 23.2 Å². The van der Waals surface area contributed by atoms with Crippen LogP contribution in [0.5, 0.6) is 5.75 Å². The molecule has 0 bridgehead atoms. The van der Waals surface area contributed by atoms with Crippen molar-refractivity contribution in [1.82, 2.24) is 0 Å². The first-order valence-electron chi connectivity index (χ1n) is 11.9. The Bertz CT molecular complexity index is 1410. The maximum Gasteiger partial charge on any atom is 0.417 e. The van der Waals surface area contributed by atoms with Crippen molar-refractivity contribution in [2.45, 2.75) is 38.5 Å². The lowest BCUT2D eigenvalue weighted by molar-refractivity contribution is -0.137. The molecule has 0 aliphatic rings. The maximum absolute atomic E-state index is 15.2. The summed E-state index contributed by atoms with van der Waals surface area (Å²) < 4.78 is 60.3. The van der Waals surface area contributed by atoms with Gasteiger partial charge in [-0.2, -0.15) is 13.2 Å². The summed E-state index contributed by atoms with van der Waals surface area (Å²) in [6.07, 6.45) is -3.49. The molecule has 1 atom stereocenters. The van der Waals surface area contributed by atoms with Crippen LogP contribution in [0, 0.1) is 0 Å². The van der Waals surface area contributed by atoms with Gasteiger partial charge in [0.25, 0.3) is 5.91 Å². The third kappa shape index (κ3) is 6.99. The Morgan fingerprint density at radius 2 is 1.62 bits per heavy atom. The number of halogens is 6. The van der Waals surface area contributed by atoms with Gasteiger partial charge < -0.3 is 10.1 Å². The molecule has 39 heavy (non-hydrogen) atoms. The molecule has 3 aromatic rings. The van der Waals surface area contributed by atoms with E-state index in [0.29, 0.717) is 5.56 Å². The number of anilines is 1. The minimum Gasteiger partial charge on any atom is -0.493 e. The van der Waals surface area contributed by atoms with Crippen LogP contribution in [0.4, 0.5) is 23.2 Å². The van der Waals surface area contributed by atoms with Crippen LogP contribution in [-0.4, -0.2) is 18.3 Å². The molecule has 1 unspecified atom stereocenters. The quantitative estimate of drug-likeness (QED) is 0.148. The summed E-state index contributed by atoms with van der Waals surface area (Å²) in [5.41, 5.74) is -2.07. The molecule has 10 heteroatoms. The topological polar surface area (TPSA) is 55.4 Å². The molecule has 1 amide bonds. The molecule has 0 saturated heterocycles. The summed E-state index contributed by atoms with van der Waals surface area (Å²) in [5.74, 6) is -0.996. The highest BCUT2D eigenvalue weighted by atomic mass is 35.5. The van der Waals surface area contributed by atoms with E-state index in [-0.39, 0.29) is 58.4 Å². The molecule has 4 nitrogen and oxygen atoms in total. The number of ketones is 1. The van der Waals surface area contributed by atoms with E-state index >= 15 is 4.39 Å². The second-order valence-electron chi connectivity index (χ2n) is 8.62. The number of carbonyl (C=O) groups is 2. The summed E-state index contributed by atoms with van der Waals surface area (Å²) in [6, 6.07) is 11.8. The van der Waals surface area contributed by atoms with Crippen LogP contribution in [0.1, 0.15) is 57.7 Å². The molecule has 0 aromatic heterocycles. The average molecular weight is 582 g/mol. The molecule has 0 heterocycles. The van der Waals surface area contributed by atoms with E-state index in [0.717, 1.165) is 12.1 Å². The van der Waals surface area contributed by atoms with E-state index in [1.807, 2.05) is 0 Å². The highest BCUT2D eigenvalue weighted by molar-refractivity contribution is 6.32. The van der Waals surface area contributed by atoms with E-state index in [1.165, 1.54) is 42.5 Å². The normalized spacial score (nSPS) is 12.9. The van der Waals surface area contributed by atoms with E-state index in [2.05, 4.69) is 11.9 Å². The third-order valence-corrected chi connectivity index (χ3v) is 6.72. The van der Waals surface area contributed by atoms with Crippen molar-refractivity contribution in [3.8, 4) is 5.75 Å². The highest BCUT2D eigenvalue weighted by Gasteiger charge is 2.33. The zero-order chi connectivity index (χ0) is 29.0. The Morgan fingerprint density at radius 3 is 2.23 bits per heavy atom. The molecule has 0 radical (unpaired) electrons. The Hall–Kier alpha value is -3.36. The summed E-state index contributed by atoms with van der Waals surface area (Å²) in [7, 11) is 0. The molecule has 1 N–H and O–H groups in total. The lowest BCUT2D eigenvalue weighted by Gasteiger charge is -2.22. The number of hydrogen-bond acceptors (Lipinski definition) is 3. The predicted molar refractivity (Wildman–Crippen MR) is 145 cm³/mol. The van der Waals surface area contributed by atoms with Gasteiger partial charge in [0, 0.05) is 28.3 Å². The number of amides is 1. The third-order valence-electron chi connectivity index (χ3n) is 6.06. The predicted octanol–water partition coefficient (Wildman–Crippen LogP) is 8.85. The zero-order valence-electron chi connectivity index (χ0n) is 21.1. The van der Waals surface area contributed by atoms with Crippen molar-refractivity contribution in [2.75, 3.05) is 11.9 Å². The lowest BCUT2D eigenvalue weighted by atomic mass is 9.90. The first kappa shape index (κ1) is 30.2. The number of alkyl halides is 4. The molecule has 0 aliphatic carbocycles. The zero-order valence-corrected chi connectivity index (χ0v) is 22.6. The molecule has 3 rings (SSSR count). The van der Waals surface area contributed by atoms with Crippen LogP contribution in [0.25, 0.3) is 0 Å². The molecule has 0 fully saturated rings. The fourth-order valence-electron chi connectivity index (χ4n) is 3.91. The van der Waals surface area contributed by atoms with E-state index in [4.69, 9.17) is 27.9 Å². The molecule has 0 saturated carbocycles. The van der Waals surface area contributed by atoms with Crippen molar-refractivity contribution < 1.29 is 31.9 Å². The van der Waals surface area contributed by atoms with E-state index < -0.39 is 28.3 Å². The first-order chi connectivity index (χ1) is 18.3. The molecular weight excluding hydrogens is 557 g/mol. The van der Waals surface area contributed by atoms with Crippen molar-refractivity contribution in [3.63, 3.8) is 0 Å². The SMILES string of the molecule is C=CC(F)(CC)c1cc(CC(=O)c2ccc(C(=O)Nc3ccc(Cl)c(C(F)(F)F)c3)c(OCC)c2)ccc1Cl. The number of Topliss-reactive ketones (excluding diaryl/α,β-unsaturated/α-hetero) is 1. The van der Waals surface area contributed by atoms with Gasteiger partial charge in [0.1, 0.15) is 5.75 Å². The van der Waals surface area contributed by atoms with E-state index in [9.17, 15) is 22.8 Å². The fraction of sp³-hybridized carbons (Fsp3) is 0.241. The summed E-state index contributed by atoms with van der Waals surface area (Å²) in [4.78, 5) is 26.0. The second kappa shape index (κ2) is 12.2. The van der Waals surface area contributed by atoms with Crippen LogP contribution < -0.4 is 10.1 Å². The standard InChI is InChI=1S/C29H25Cl2F4NO3/c1-4-28(32,5-2)21-13-17(7-11-23(21)30)14-25(37)18-8-10-20(26(15-18)39-6-3)27(38)36-19-9-12-24(31)22(16-19)29(33,34)35/h4,7-13,15-16H,1,5-6,14H2,2-3H3,(H,36,38). The Morgan fingerprint density at radius 1 is 0.949 bits per heavy atom. The number of rotatable bonds is 10. The monoisotopic (exact) mass is 581 g/mol. The van der Waals surface area contributed by atoms with Gasteiger partial charge in [-0.1, -0.05) is 61.0 Å². The molecule has 206 valence electrons. The second-order valence-corrected chi connectivity index (χ2v) is 9.44. The van der Waals surface area contributed by atoms with Gasteiger partial charge in [0.05, 0.1) is 22.8 Å². The summed E-state index contributed by atoms with van der Waals surface area (Å²) in [6.45, 7) is 7.05. The largest absolute Gasteiger partial charge is 0.493 e. The maximum atomic E-state index is 15.2. The molecular formula is C29H25Cl2F4NO3. The fourth-order valence-corrected chi connectivity index (χ4v) is 4.41. The van der Waals surface area contributed by atoms with Crippen LogP contribution in [0.3, 0.4) is 0 Å². The van der Waals surface area contributed by atoms with Crippen molar-refractivity contribution in [3.05, 3.63) is 105 Å². The van der Waals surface area contributed by atoms with Gasteiger partial charge in [0.2, 0.25) is 0 Å². The van der Waals surface area contributed by atoms with Crippen LogP contribution in [0.15, 0.2) is 67.3 Å². The van der Waals surface area contributed by atoms with Crippen molar-refractivity contribution in [2.24, 2.45) is 0 Å². The Balaban J connectivity index is 1.86. The minimum atomic E-state index is -4.70. The van der Waals surface area contributed by atoms with E-state index in [1.54, 1.807) is 19.9 Å². The Kier molecular flexibility index (Phi) is 9.46. The van der Waals surface area contributed by atoms with Gasteiger partial charge in [-0.05, 0) is 55.3 Å². The van der Waals surface area contributed by atoms with Gasteiger partial charge in [-0.3, -0.25) is 9.59 Å². The number of hydrogen-bond donors (Lipinski definition) is 1. The van der Waals surface area contributed by atoms with Gasteiger partial charge in [-0.15, -0.1) is 0 Å². The van der Waals surface area contributed by atoms with Crippen molar-refractivity contribution >= 4 is 40.6 Å². The molecule has 3 aromatic carbocycles. The first-order valence-corrected chi connectivity index (χ1v) is 12.7. The Labute approximate surface area is 233 Å². The average Bonchev–Trinajstić information content (AvgIpc) is 2.89. The number of allylic oxidation sites excluding steroid dienone is 1. The summed E-state index contributed by atoms with van der Waals surface area (Å²) >= 11 is 11.8. The highest BCUT2D eigenvalue weighted by Crippen LogP contribution is 2.38. The van der Waals surface area contributed by atoms with Gasteiger partial charge >= 0.3 is 6.18 Å². The number of nitrogens with one attached hydrogen (secondary N) is 1. The minimum absolute atomic E-state index is 0.0156. The smallest absolute Gasteiger partial charge is 0.417 e. The van der Waals surface area contributed by atoms with Crippen molar-refractivity contribution in [1.29, 1.82) is 0 Å². The molecule has 0 spiro atoms. The summed E-state index contributed by atoms with van der Waals surface area (Å²) in [5, 5.41) is 2.12.